The molecule has 0 bridgehead atoms. The van der Waals surface area contributed by atoms with E-state index >= 15 is 0 Å². The highest BCUT2D eigenvalue weighted by Gasteiger charge is 2.33. The highest BCUT2D eigenvalue weighted by atomic mass is 32.2. The summed E-state index contributed by atoms with van der Waals surface area (Å²) in [4.78, 5) is 22.2. The molecule has 0 aliphatic heterocycles. The van der Waals surface area contributed by atoms with E-state index in [1.807, 2.05) is 0 Å². The van der Waals surface area contributed by atoms with E-state index in [0.29, 0.717) is 17.8 Å². The minimum Gasteiger partial charge on any atom is -0.379 e. The standard InChI is InChI=1S/C18H18F3N3O5S/c1-2-30(28,29)14-6-4-13(5-7-14)23-17(25)9-10-22-15-8-3-12(18(19,20)21)11-16(15)24(26)27/h3-8,11,22H,2,9-10H2,1H3,(H,23,25). The highest BCUT2D eigenvalue weighted by Crippen LogP contribution is 2.34. The Labute approximate surface area is 170 Å². The van der Waals surface area contributed by atoms with E-state index in [0.717, 1.165) is 6.07 Å². The Bertz CT molecular complexity index is 1040. The van der Waals surface area contributed by atoms with E-state index in [1.165, 1.54) is 31.2 Å². The largest absolute Gasteiger partial charge is 0.416 e. The predicted octanol–water partition coefficient (Wildman–Crippen LogP) is 3.85. The molecular weight excluding hydrogens is 427 g/mol. The van der Waals surface area contributed by atoms with Gasteiger partial charge in [-0.25, -0.2) is 8.42 Å². The van der Waals surface area contributed by atoms with Crippen LogP contribution in [-0.2, 0) is 20.8 Å². The maximum absolute atomic E-state index is 12.7. The van der Waals surface area contributed by atoms with E-state index in [9.17, 15) is 36.5 Å². The summed E-state index contributed by atoms with van der Waals surface area (Å²) in [6.45, 7) is 1.44. The minimum absolute atomic E-state index is 0.0551. The molecular formula is C18H18F3N3O5S. The van der Waals surface area contributed by atoms with Crippen molar-refractivity contribution in [3.05, 3.63) is 58.1 Å². The lowest BCUT2D eigenvalue weighted by Crippen LogP contribution is -2.17. The quantitative estimate of drug-likeness (QED) is 0.471. The SMILES string of the molecule is CCS(=O)(=O)c1ccc(NC(=O)CCNc2ccc(C(F)(F)F)cc2[N+](=O)[O-])cc1. The molecule has 2 rings (SSSR count). The molecule has 0 saturated heterocycles. The van der Waals surface area contributed by atoms with Gasteiger partial charge in [-0.3, -0.25) is 14.9 Å². The smallest absolute Gasteiger partial charge is 0.379 e. The summed E-state index contributed by atoms with van der Waals surface area (Å²) in [5.41, 5.74) is -1.69. The fourth-order valence-electron chi connectivity index (χ4n) is 2.45. The van der Waals surface area contributed by atoms with Crippen molar-refractivity contribution in [3.8, 4) is 0 Å². The van der Waals surface area contributed by atoms with E-state index in [-0.39, 0.29) is 29.3 Å². The summed E-state index contributed by atoms with van der Waals surface area (Å²) >= 11 is 0. The maximum Gasteiger partial charge on any atom is 0.416 e. The molecule has 0 atom stereocenters. The first-order valence-electron chi connectivity index (χ1n) is 8.66. The van der Waals surface area contributed by atoms with Crippen molar-refractivity contribution in [2.45, 2.75) is 24.4 Å². The van der Waals surface area contributed by atoms with Crippen LogP contribution >= 0.6 is 0 Å². The monoisotopic (exact) mass is 445 g/mol. The summed E-state index contributed by atoms with van der Waals surface area (Å²) in [5, 5.41) is 16.1. The molecule has 2 aromatic rings. The van der Waals surface area contributed by atoms with Gasteiger partial charge in [-0.05, 0) is 36.4 Å². The molecule has 0 aliphatic carbocycles. The molecule has 0 aromatic heterocycles. The third-order valence-electron chi connectivity index (χ3n) is 4.07. The number of hydrogen-bond acceptors (Lipinski definition) is 6. The van der Waals surface area contributed by atoms with Crippen LogP contribution in [0.1, 0.15) is 18.9 Å². The molecule has 2 N–H and O–H groups in total. The molecule has 0 saturated carbocycles. The molecule has 162 valence electrons. The van der Waals surface area contributed by atoms with Crippen LogP contribution in [0.15, 0.2) is 47.4 Å². The van der Waals surface area contributed by atoms with Crippen molar-refractivity contribution >= 4 is 32.8 Å². The second kappa shape index (κ2) is 9.11. The Morgan fingerprint density at radius 2 is 1.77 bits per heavy atom. The lowest BCUT2D eigenvalue weighted by molar-refractivity contribution is -0.384. The molecule has 0 heterocycles. The second-order valence-corrected chi connectivity index (χ2v) is 8.42. The Morgan fingerprint density at radius 1 is 1.13 bits per heavy atom. The summed E-state index contributed by atoms with van der Waals surface area (Å²) < 4.78 is 61.6. The number of rotatable bonds is 8. The Morgan fingerprint density at radius 3 is 2.30 bits per heavy atom. The van der Waals surface area contributed by atoms with E-state index in [4.69, 9.17) is 0 Å². The number of carbonyl (C=O) groups is 1. The van der Waals surface area contributed by atoms with Gasteiger partial charge in [-0.1, -0.05) is 6.92 Å². The molecule has 0 radical (unpaired) electrons. The zero-order valence-electron chi connectivity index (χ0n) is 15.7. The third kappa shape index (κ3) is 5.92. The summed E-state index contributed by atoms with van der Waals surface area (Å²) in [6.07, 6.45) is -4.84. The average Bonchev–Trinajstić information content (AvgIpc) is 2.67. The van der Waals surface area contributed by atoms with E-state index < -0.39 is 38.1 Å². The molecule has 30 heavy (non-hydrogen) atoms. The van der Waals surface area contributed by atoms with Crippen molar-refractivity contribution in [1.82, 2.24) is 0 Å². The molecule has 0 spiro atoms. The van der Waals surface area contributed by atoms with Crippen molar-refractivity contribution in [3.63, 3.8) is 0 Å². The van der Waals surface area contributed by atoms with Crippen molar-refractivity contribution in [1.29, 1.82) is 0 Å². The van der Waals surface area contributed by atoms with Crippen LogP contribution in [0.4, 0.5) is 30.2 Å². The number of anilines is 2. The second-order valence-electron chi connectivity index (χ2n) is 6.14. The van der Waals surface area contributed by atoms with Gasteiger partial charge in [0.25, 0.3) is 5.69 Å². The van der Waals surface area contributed by atoms with Gasteiger partial charge in [0, 0.05) is 24.7 Å². The zero-order valence-corrected chi connectivity index (χ0v) is 16.5. The fourth-order valence-corrected chi connectivity index (χ4v) is 3.34. The number of nitrogens with zero attached hydrogens (tertiary/aromatic N) is 1. The first-order chi connectivity index (χ1) is 13.9. The van der Waals surface area contributed by atoms with Gasteiger partial charge in [0.2, 0.25) is 5.91 Å². The number of nitrogens with one attached hydrogen (secondary N) is 2. The molecule has 2 aromatic carbocycles. The van der Waals surface area contributed by atoms with Crippen molar-refractivity contribution in [2.75, 3.05) is 22.9 Å². The normalized spacial score (nSPS) is 11.7. The number of nitro benzene ring substituents is 1. The maximum atomic E-state index is 12.7. The van der Waals surface area contributed by atoms with Gasteiger partial charge >= 0.3 is 6.18 Å². The summed E-state index contributed by atoms with van der Waals surface area (Å²) in [5.74, 6) is -0.524. The number of nitro groups is 1. The number of hydrogen-bond donors (Lipinski definition) is 2. The average molecular weight is 445 g/mol. The van der Waals surface area contributed by atoms with Gasteiger partial charge in [0.15, 0.2) is 9.84 Å². The Kier molecular flexibility index (Phi) is 7.03. The van der Waals surface area contributed by atoms with Crippen LogP contribution in [0.2, 0.25) is 0 Å². The summed E-state index contributed by atoms with van der Waals surface area (Å²) in [6, 6.07) is 7.64. The number of carbonyl (C=O) groups excluding carboxylic acids is 1. The van der Waals surface area contributed by atoms with Crippen LogP contribution < -0.4 is 10.6 Å². The van der Waals surface area contributed by atoms with Crippen molar-refractivity contribution < 1.29 is 31.3 Å². The number of halogens is 3. The Hall–Kier alpha value is -3.15. The van der Waals surface area contributed by atoms with Gasteiger partial charge in [-0.2, -0.15) is 13.2 Å². The molecule has 0 aliphatic rings. The summed E-state index contributed by atoms with van der Waals surface area (Å²) in [7, 11) is -3.36. The van der Waals surface area contributed by atoms with Crippen LogP contribution in [0, 0.1) is 10.1 Å². The predicted molar refractivity (Wildman–Crippen MR) is 104 cm³/mol. The molecule has 0 unspecified atom stereocenters. The molecule has 12 heteroatoms. The van der Waals surface area contributed by atoms with Gasteiger partial charge in [-0.15, -0.1) is 0 Å². The topological polar surface area (TPSA) is 118 Å². The van der Waals surface area contributed by atoms with Crippen molar-refractivity contribution in [2.24, 2.45) is 0 Å². The van der Waals surface area contributed by atoms with Gasteiger partial charge in [0.1, 0.15) is 5.69 Å². The minimum atomic E-state index is -4.71. The lowest BCUT2D eigenvalue weighted by atomic mass is 10.1. The fraction of sp³-hybridized carbons (Fsp3) is 0.278. The van der Waals surface area contributed by atoms with E-state index in [1.54, 1.807) is 0 Å². The lowest BCUT2D eigenvalue weighted by Gasteiger charge is -2.11. The number of benzene rings is 2. The first kappa shape index (κ1) is 23.1. The van der Waals surface area contributed by atoms with Crippen LogP contribution in [-0.4, -0.2) is 31.5 Å². The number of amides is 1. The van der Waals surface area contributed by atoms with Crippen LogP contribution in [0.25, 0.3) is 0 Å². The zero-order chi connectivity index (χ0) is 22.5. The third-order valence-corrected chi connectivity index (χ3v) is 5.82. The van der Waals surface area contributed by atoms with E-state index in [2.05, 4.69) is 10.6 Å². The van der Waals surface area contributed by atoms with Crippen LogP contribution in [0.5, 0.6) is 0 Å². The Balaban J connectivity index is 1.97. The highest BCUT2D eigenvalue weighted by molar-refractivity contribution is 7.91. The molecule has 0 fully saturated rings. The first-order valence-corrected chi connectivity index (χ1v) is 10.3. The molecule has 1 amide bonds. The number of alkyl halides is 3. The van der Waals surface area contributed by atoms with Gasteiger partial charge < -0.3 is 10.6 Å². The van der Waals surface area contributed by atoms with Gasteiger partial charge in [0.05, 0.1) is 21.1 Å². The number of sulfone groups is 1. The molecule has 8 nitrogen and oxygen atoms in total. The van der Waals surface area contributed by atoms with Crippen LogP contribution in [0.3, 0.4) is 0 Å².